The fourth-order valence-corrected chi connectivity index (χ4v) is 4.86. The molecule has 0 radical (unpaired) electrons. The maximum Gasteiger partial charge on any atom is 0.407 e. The van der Waals surface area contributed by atoms with Crippen molar-refractivity contribution in [3.63, 3.8) is 0 Å². The van der Waals surface area contributed by atoms with Crippen LogP contribution in [-0.2, 0) is 25.6 Å². The number of ether oxygens (including phenoxy) is 2. The lowest BCUT2D eigenvalue weighted by atomic mass is 9.98. The van der Waals surface area contributed by atoms with E-state index in [1.54, 1.807) is 0 Å². The molecule has 9 nitrogen and oxygen atoms in total. The van der Waals surface area contributed by atoms with Gasteiger partial charge >= 0.3 is 12.1 Å². The number of nitrogens with one attached hydrogen (secondary N) is 2. The molecule has 1 aliphatic rings. The van der Waals surface area contributed by atoms with Gasteiger partial charge in [0, 0.05) is 26.1 Å². The topological polar surface area (TPSA) is 117 Å². The summed E-state index contributed by atoms with van der Waals surface area (Å²) < 4.78 is 10.6. The summed E-state index contributed by atoms with van der Waals surface area (Å²) in [7, 11) is 3.17. The highest BCUT2D eigenvalue weighted by atomic mass is 16.5. The number of rotatable bonds is 12. The zero-order valence-electron chi connectivity index (χ0n) is 22.0. The number of likely N-dealkylation sites (N-methyl/N-ethyl adjacent to an activating group) is 1. The quantitative estimate of drug-likeness (QED) is 0.329. The molecule has 0 fully saturated rings. The Kier molecular flexibility index (Phi) is 9.30. The number of carboxylic acids is 1. The number of amides is 2. The van der Waals surface area contributed by atoms with Gasteiger partial charge in [-0.1, -0.05) is 78.9 Å². The summed E-state index contributed by atoms with van der Waals surface area (Å²) in [5.74, 6) is -2.01. The Bertz CT molecular complexity index is 1250. The predicted octanol–water partition coefficient (Wildman–Crippen LogP) is 3.24. The number of benzene rings is 3. The number of carboxylic acid groups (broad SMARTS) is 1. The number of alkyl carbamates (subject to hydrolysis) is 1. The van der Waals surface area contributed by atoms with Gasteiger partial charge < -0.3 is 25.2 Å². The molecule has 0 aromatic heterocycles. The van der Waals surface area contributed by atoms with E-state index in [1.165, 1.54) is 7.11 Å². The maximum absolute atomic E-state index is 13.1. The van der Waals surface area contributed by atoms with Crippen molar-refractivity contribution < 1.29 is 29.0 Å². The van der Waals surface area contributed by atoms with E-state index >= 15 is 0 Å². The van der Waals surface area contributed by atoms with E-state index in [0.717, 1.165) is 27.8 Å². The van der Waals surface area contributed by atoms with Gasteiger partial charge in [-0.25, -0.2) is 9.59 Å². The lowest BCUT2D eigenvalue weighted by Crippen LogP contribution is -2.56. The van der Waals surface area contributed by atoms with Gasteiger partial charge in [-0.2, -0.15) is 0 Å². The summed E-state index contributed by atoms with van der Waals surface area (Å²) >= 11 is 0. The lowest BCUT2D eigenvalue weighted by molar-refractivity contribution is -0.143. The van der Waals surface area contributed by atoms with E-state index in [-0.39, 0.29) is 25.7 Å². The smallest absolute Gasteiger partial charge is 0.407 e. The molecule has 0 aliphatic heterocycles. The minimum absolute atomic E-state index is 0.0927. The van der Waals surface area contributed by atoms with E-state index in [4.69, 9.17) is 9.47 Å². The largest absolute Gasteiger partial charge is 0.480 e. The number of hydrogen-bond acceptors (Lipinski definition) is 6. The molecule has 0 spiro atoms. The second kappa shape index (κ2) is 13.0. The second-order valence-corrected chi connectivity index (χ2v) is 9.56. The van der Waals surface area contributed by atoms with Gasteiger partial charge in [0.1, 0.15) is 12.6 Å². The third kappa shape index (κ3) is 7.01. The van der Waals surface area contributed by atoms with Crippen molar-refractivity contribution in [3.05, 3.63) is 95.6 Å². The van der Waals surface area contributed by atoms with Gasteiger partial charge in [0.05, 0.1) is 6.61 Å². The number of methoxy groups -OCH3 is 1. The van der Waals surface area contributed by atoms with Crippen LogP contribution in [0.3, 0.4) is 0 Å². The van der Waals surface area contributed by atoms with E-state index in [1.807, 2.05) is 78.7 Å². The molecular formula is C30H33N3O6. The average molecular weight is 532 g/mol. The van der Waals surface area contributed by atoms with E-state index in [2.05, 4.69) is 22.8 Å². The average Bonchev–Trinajstić information content (AvgIpc) is 3.25. The SMILES string of the molecule is COCC(NC(=O)C(CN(C)Cc1ccccc1)NC(=O)OCC1c2ccccc2-c2ccccc21)C(=O)O. The zero-order valence-corrected chi connectivity index (χ0v) is 22.0. The molecule has 0 heterocycles. The molecule has 4 rings (SSSR count). The second-order valence-electron chi connectivity index (χ2n) is 9.56. The Morgan fingerprint density at radius 2 is 1.46 bits per heavy atom. The van der Waals surface area contributed by atoms with Crippen LogP contribution in [0.5, 0.6) is 0 Å². The summed E-state index contributed by atoms with van der Waals surface area (Å²) in [5.41, 5.74) is 5.40. The Morgan fingerprint density at radius 1 is 0.872 bits per heavy atom. The predicted molar refractivity (Wildman–Crippen MR) is 146 cm³/mol. The number of carbonyl (C=O) groups is 3. The molecule has 39 heavy (non-hydrogen) atoms. The first-order valence-corrected chi connectivity index (χ1v) is 12.7. The molecule has 2 atom stereocenters. The molecule has 0 bridgehead atoms. The molecule has 1 aliphatic carbocycles. The highest BCUT2D eigenvalue weighted by Gasteiger charge is 2.31. The van der Waals surface area contributed by atoms with Gasteiger partial charge in [-0.05, 0) is 34.9 Å². The third-order valence-electron chi connectivity index (χ3n) is 6.69. The van der Waals surface area contributed by atoms with Gasteiger partial charge in [0.25, 0.3) is 0 Å². The van der Waals surface area contributed by atoms with Crippen LogP contribution in [0.15, 0.2) is 78.9 Å². The van der Waals surface area contributed by atoms with Crippen LogP contribution in [0.25, 0.3) is 11.1 Å². The van der Waals surface area contributed by atoms with Gasteiger partial charge in [-0.15, -0.1) is 0 Å². The van der Waals surface area contributed by atoms with E-state index < -0.39 is 30.1 Å². The zero-order chi connectivity index (χ0) is 27.8. The standard InChI is InChI=1S/C30H33N3O6/c1-33(16-20-10-4-3-5-11-20)17-26(28(34)31-27(19-38-2)29(35)36)32-30(37)39-18-25-23-14-8-6-12-21(23)22-13-7-9-15-24(22)25/h3-15,25-27H,16-19H2,1-2H3,(H,31,34)(H,32,37)(H,35,36). The fourth-order valence-electron chi connectivity index (χ4n) is 4.86. The molecular weight excluding hydrogens is 498 g/mol. The number of aliphatic carboxylic acids is 1. The van der Waals surface area contributed by atoms with Crippen molar-refractivity contribution in [1.82, 2.24) is 15.5 Å². The summed E-state index contributed by atoms with van der Waals surface area (Å²) in [4.78, 5) is 39.5. The number of carbonyl (C=O) groups excluding carboxylic acids is 2. The monoisotopic (exact) mass is 531 g/mol. The number of fused-ring (bicyclic) bond motifs is 3. The first-order chi connectivity index (χ1) is 18.9. The van der Waals surface area contributed by atoms with Crippen molar-refractivity contribution in [1.29, 1.82) is 0 Å². The fraction of sp³-hybridized carbons (Fsp3) is 0.300. The minimum atomic E-state index is -1.26. The van der Waals surface area contributed by atoms with E-state index in [9.17, 15) is 19.5 Å². The van der Waals surface area contributed by atoms with Crippen molar-refractivity contribution >= 4 is 18.0 Å². The molecule has 0 saturated carbocycles. The first-order valence-electron chi connectivity index (χ1n) is 12.7. The summed E-state index contributed by atoms with van der Waals surface area (Å²) in [5, 5.41) is 14.5. The van der Waals surface area contributed by atoms with Crippen LogP contribution in [0.1, 0.15) is 22.6 Å². The van der Waals surface area contributed by atoms with Crippen molar-refractivity contribution in [3.8, 4) is 11.1 Å². The molecule has 0 saturated heterocycles. The van der Waals surface area contributed by atoms with Crippen molar-refractivity contribution in [2.75, 3.05) is 33.9 Å². The Hall–Kier alpha value is -4.21. The summed E-state index contributed by atoms with van der Waals surface area (Å²) in [6.07, 6.45) is -0.760. The lowest BCUT2D eigenvalue weighted by Gasteiger charge is -2.26. The number of hydrogen-bond donors (Lipinski definition) is 3. The van der Waals surface area contributed by atoms with E-state index in [0.29, 0.717) is 6.54 Å². The highest BCUT2D eigenvalue weighted by Crippen LogP contribution is 2.44. The molecule has 9 heteroatoms. The molecule has 204 valence electrons. The first kappa shape index (κ1) is 27.8. The van der Waals surface area contributed by atoms with Crippen LogP contribution >= 0.6 is 0 Å². The normalized spacial score (nSPS) is 13.7. The third-order valence-corrected chi connectivity index (χ3v) is 6.69. The number of nitrogens with zero attached hydrogens (tertiary/aromatic N) is 1. The Balaban J connectivity index is 1.44. The van der Waals surface area contributed by atoms with Crippen LogP contribution in [0.2, 0.25) is 0 Å². The van der Waals surface area contributed by atoms with Crippen LogP contribution in [-0.4, -0.2) is 74.0 Å². The summed E-state index contributed by atoms with van der Waals surface area (Å²) in [6.45, 7) is 0.537. The van der Waals surface area contributed by atoms with Gasteiger partial charge in [0.2, 0.25) is 5.91 Å². The molecule has 2 amide bonds. The molecule has 3 aromatic carbocycles. The Labute approximate surface area is 227 Å². The van der Waals surface area contributed by atoms with Crippen LogP contribution in [0, 0.1) is 0 Å². The molecule has 2 unspecified atom stereocenters. The molecule has 3 N–H and O–H groups in total. The summed E-state index contributed by atoms with van der Waals surface area (Å²) in [6, 6.07) is 23.4. The van der Waals surface area contributed by atoms with Crippen molar-refractivity contribution in [2.24, 2.45) is 0 Å². The maximum atomic E-state index is 13.1. The van der Waals surface area contributed by atoms with Crippen LogP contribution in [0.4, 0.5) is 4.79 Å². The highest BCUT2D eigenvalue weighted by molar-refractivity contribution is 5.89. The molecule has 3 aromatic rings. The van der Waals surface area contributed by atoms with Gasteiger partial charge in [-0.3, -0.25) is 9.69 Å². The van der Waals surface area contributed by atoms with Crippen LogP contribution < -0.4 is 10.6 Å². The van der Waals surface area contributed by atoms with Crippen molar-refractivity contribution in [2.45, 2.75) is 24.5 Å². The van der Waals surface area contributed by atoms with Gasteiger partial charge in [0.15, 0.2) is 6.04 Å². The Morgan fingerprint density at radius 3 is 2.05 bits per heavy atom. The minimum Gasteiger partial charge on any atom is -0.480 e.